The van der Waals surface area contributed by atoms with Crippen LogP contribution in [0.4, 0.5) is 0 Å². The van der Waals surface area contributed by atoms with E-state index in [9.17, 15) is 0 Å². The molecule has 0 atom stereocenters. The van der Waals surface area contributed by atoms with Crippen molar-refractivity contribution in [3.05, 3.63) is 64.7 Å². The van der Waals surface area contributed by atoms with Gasteiger partial charge in [-0.3, -0.25) is 0 Å². The van der Waals surface area contributed by atoms with Gasteiger partial charge in [0.15, 0.2) is 0 Å². The number of fused-ring (bicyclic) bond motifs is 1. The zero-order chi connectivity index (χ0) is 17.1. The molecule has 0 aromatic heterocycles. The minimum absolute atomic E-state index is 0.766. The number of piperazine rings is 1. The van der Waals surface area contributed by atoms with E-state index in [0.717, 1.165) is 37.4 Å². The number of hydrogen-bond acceptors (Lipinski definition) is 2. The molecule has 1 saturated heterocycles. The molecule has 2 aromatic carbocycles. The Morgan fingerprint density at radius 2 is 1.64 bits per heavy atom. The van der Waals surface area contributed by atoms with Crippen molar-refractivity contribution in [2.24, 2.45) is 0 Å². The fourth-order valence-electron chi connectivity index (χ4n) is 3.99. The third-order valence-corrected chi connectivity index (χ3v) is 5.38. The van der Waals surface area contributed by atoms with Crippen molar-refractivity contribution < 1.29 is 14.5 Å². The first kappa shape index (κ1) is 16.1. The molecule has 0 aliphatic carbocycles. The van der Waals surface area contributed by atoms with E-state index in [1.165, 1.54) is 42.9 Å². The number of hydrogen-bond donors (Lipinski definition) is 2. The van der Waals surface area contributed by atoms with Crippen LogP contribution < -0.4 is 14.5 Å². The molecule has 0 saturated carbocycles. The van der Waals surface area contributed by atoms with E-state index >= 15 is 0 Å². The largest absolute Gasteiger partial charge is 0.493 e. The summed E-state index contributed by atoms with van der Waals surface area (Å²) in [4.78, 5) is 3.30. The van der Waals surface area contributed by atoms with Gasteiger partial charge in [0, 0.05) is 17.5 Å². The highest BCUT2D eigenvalue weighted by Gasteiger charge is 2.23. The molecule has 2 aromatic rings. The minimum atomic E-state index is 0.766. The summed E-state index contributed by atoms with van der Waals surface area (Å²) in [5.41, 5.74) is 4.85. The number of nitrogens with one attached hydrogen (secondary N) is 2. The van der Waals surface area contributed by atoms with Crippen molar-refractivity contribution >= 4 is 0 Å². The lowest BCUT2D eigenvalue weighted by Crippen LogP contribution is -3.27. The zero-order valence-electron chi connectivity index (χ0n) is 14.6. The number of nitrogens with zero attached hydrogens (tertiary/aromatic N) is 1. The Morgan fingerprint density at radius 1 is 0.920 bits per heavy atom. The monoisotopic (exact) mass is 335 g/mol. The van der Waals surface area contributed by atoms with E-state index in [4.69, 9.17) is 10.00 Å². The molecule has 0 spiro atoms. The number of ether oxygens (including phenoxy) is 1. The maximum Gasteiger partial charge on any atom is 0.127 e. The highest BCUT2D eigenvalue weighted by molar-refractivity contribution is 5.39. The second-order valence-electron chi connectivity index (χ2n) is 7.21. The van der Waals surface area contributed by atoms with Gasteiger partial charge in [-0.15, -0.1) is 0 Å². The zero-order valence-corrected chi connectivity index (χ0v) is 14.6. The maximum atomic E-state index is 9.03. The standard InChI is InChI=1S/C21H23N3O/c22-14-17-2-1-3-18(12-17)15-23-7-9-24(10-8-23)16-19-4-5-21-20(13-19)6-11-25-21/h1-5,12-13H,6-11,15-16H2/p+2. The van der Waals surface area contributed by atoms with Gasteiger partial charge in [0.25, 0.3) is 0 Å². The molecule has 0 radical (unpaired) electrons. The topological polar surface area (TPSA) is 41.9 Å². The third kappa shape index (κ3) is 3.84. The lowest BCUT2D eigenvalue weighted by molar-refractivity contribution is -1.02. The Hall–Kier alpha value is -2.35. The second kappa shape index (κ2) is 7.26. The Bertz CT molecular complexity index is 788. The summed E-state index contributed by atoms with van der Waals surface area (Å²) >= 11 is 0. The molecule has 4 nitrogen and oxygen atoms in total. The summed E-state index contributed by atoms with van der Waals surface area (Å²) in [5, 5.41) is 9.03. The van der Waals surface area contributed by atoms with E-state index in [-0.39, 0.29) is 0 Å². The molecular weight excluding hydrogens is 310 g/mol. The Morgan fingerprint density at radius 3 is 2.36 bits per heavy atom. The highest BCUT2D eigenvalue weighted by Crippen LogP contribution is 2.25. The van der Waals surface area contributed by atoms with Crippen LogP contribution in [-0.2, 0) is 19.5 Å². The van der Waals surface area contributed by atoms with Crippen molar-refractivity contribution in [1.82, 2.24) is 0 Å². The Balaban J connectivity index is 1.30. The summed E-state index contributed by atoms with van der Waals surface area (Å²) < 4.78 is 5.60. The predicted octanol–water partition coefficient (Wildman–Crippen LogP) is -0.0232. The number of benzene rings is 2. The van der Waals surface area contributed by atoms with Gasteiger partial charge < -0.3 is 14.5 Å². The Kier molecular flexibility index (Phi) is 4.69. The first-order valence-corrected chi connectivity index (χ1v) is 9.21. The fraction of sp³-hybridized carbons (Fsp3) is 0.381. The van der Waals surface area contributed by atoms with E-state index in [1.54, 1.807) is 9.80 Å². The van der Waals surface area contributed by atoms with Crippen LogP contribution in [0.5, 0.6) is 5.75 Å². The van der Waals surface area contributed by atoms with Crippen molar-refractivity contribution in [2.45, 2.75) is 19.5 Å². The quantitative estimate of drug-likeness (QED) is 0.824. The van der Waals surface area contributed by atoms with Gasteiger partial charge >= 0.3 is 0 Å². The first-order chi connectivity index (χ1) is 12.3. The smallest absolute Gasteiger partial charge is 0.127 e. The number of quaternary nitrogens is 2. The summed E-state index contributed by atoms with van der Waals surface area (Å²) in [6.45, 7) is 7.78. The van der Waals surface area contributed by atoms with Gasteiger partial charge in [0.05, 0.1) is 18.2 Å². The maximum absolute atomic E-state index is 9.03. The van der Waals surface area contributed by atoms with Crippen molar-refractivity contribution in [3.8, 4) is 11.8 Å². The van der Waals surface area contributed by atoms with Crippen LogP contribution in [0.2, 0.25) is 0 Å². The number of rotatable bonds is 4. The van der Waals surface area contributed by atoms with E-state index in [2.05, 4.69) is 30.3 Å². The normalized spacial score (nSPS) is 22.0. The molecule has 2 aliphatic rings. The molecule has 4 rings (SSSR count). The van der Waals surface area contributed by atoms with E-state index < -0.39 is 0 Å². The van der Waals surface area contributed by atoms with Crippen LogP contribution in [0.1, 0.15) is 22.3 Å². The van der Waals surface area contributed by atoms with Crippen LogP contribution in [0.25, 0.3) is 0 Å². The van der Waals surface area contributed by atoms with Gasteiger partial charge in [0.2, 0.25) is 0 Å². The van der Waals surface area contributed by atoms with Crippen LogP contribution >= 0.6 is 0 Å². The van der Waals surface area contributed by atoms with Gasteiger partial charge in [-0.25, -0.2) is 0 Å². The van der Waals surface area contributed by atoms with Crippen LogP contribution in [0.15, 0.2) is 42.5 Å². The summed E-state index contributed by atoms with van der Waals surface area (Å²) in [7, 11) is 0. The first-order valence-electron chi connectivity index (χ1n) is 9.21. The molecule has 2 N–H and O–H groups in total. The van der Waals surface area contributed by atoms with Crippen LogP contribution in [0.3, 0.4) is 0 Å². The lowest BCUT2D eigenvalue weighted by Gasteiger charge is -2.30. The van der Waals surface area contributed by atoms with E-state index in [1.807, 2.05) is 18.2 Å². The predicted molar refractivity (Wildman–Crippen MR) is 95.6 cm³/mol. The van der Waals surface area contributed by atoms with Gasteiger partial charge in [0.1, 0.15) is 45.0 Å². The van der Waals surface area contributed by atoms with Gasteiger partial charge in [-0.2, -0.15) is 5.26 Å². The third-order valence-electron chi connectivity index (χ3n) is 5.38. The average Bonchev–Trinajstić information content (AvgIpc) is 3.11. The Labute approximate surface area is 149 Å². The van der Waals surface area contributed by atoms with Crippen molar-refractivity contribution in [2.75, 3.05) is 32.8 Å². The molecular formula is C21H25N3O+2. The van der Waals surface area contributed by atoms with Gasteiger partial charge in [-0.05, 0) is 35.9 Å². The molecule has 2 aliphatic heterocycles. The summed E-state index contributed by atoms with van der Waals surface area (Å²) in [6, 6.07) is 17.0. The molecule has 128 valence electrons. The molecule has 1 fully saturated rings. The highest BCUT2D eigenvalue weighted by atomic mass is 16.5. The molecule has 0 unspecified atom stereocenters. The molecule has 0 amide bonds. The summed E-state index contributed by atoms with van der Waals surface area (Å²) in [6.07, 6.45) is 1.05. The molecule has 25 heavy (non-hydrogen) atoms. The van der Waals surface area contributed by atoms with Crippen LogP contribution in [-0.4, -0.2) is 32.8 Å². The fourth-order valence-corrected chi connectivity index (χ4v) is 3.99. The van der Waals surface area contributed by atoms with E-state index in [0.29, 0.717) is 0 Å². The average molecular weight is 335 g/mol. The number of nitriles is 1. The summed E-state index contributed by atoms with van der Waals surface area (Å²) in [5.74, 6) is 1.08. The van der Waals surface area contributed by atoms with Crippen molar-refractivity contribution in [1.29, 1.82) is 5.26 Å². The van der Waals surface area contributed by atoms with Crippen LogP contribution in [0, 0.1) is 11.3 Å². The molecule has 4 heteroatoms. The molecule has 2 heterocycles. The van der Waals surface area contributed by atoms with Crippen molar-refractivity contribution in [3.63, 3.8) is 0 Å². The SMILES string of the molecule is N#Cc1cccc(C[NH+]2CC[NH+](Cc3ccc4c(c3)CCO4)CC2)c1. The second-order valence-corrected chi connectivity index (χ2v) is 7.21. The van der Waals surface area contributed by atoms with Gasteiger partial charge in [-0.1, -0.05) is 12.1 Å². The lowest BCUT2D eigenvalue weighted by atomic mass is 10.1. The minimum Gasteiger partial charge on any atom is -0.493 e. The molecule has 0 bridgehead atoms.